The SMILES string of the molecule is C(=C/c1csnn1)/C=C/c1ccccc1. The van der Waals surface area contributed by atoms with Crippen LogP contribution in [0.1, 0.15) is 11.3 Å². The van der Waals surface area contributed by atoms with E-state index in [1.807, 2.05) is 41.8 Å². The Morgan fingerprint density at radius 3 is 2.53 bits per heavy atom. The van der Waals surface area contributed by atoms with Gasteiger partial charge >= 0.3 is 0 Å². The molecule has 1 aromatic heterocycles. The molecule has 3 heteroatoms. The zero-order valence-electron chi connectivity index (χ0n) is 8.08. The van der Waals surface area contributed by atoms with Crippen molar-refractivity contribution in [1.29, 1.82) is 0 Å². The third-order valence-electron chi connectivity index (χ3n) is 1.84. The number of nitrogens with zero attached hydrogens (tertiary/aromatic N) is 2. The first kappa shape index (κ1) is 9.80. The maximum atomic E-state index is 3.91. The standard InChI is InChI=1S/C12H10N2S/c1-2-6-11(7-3-1)8-4-5-9-12-10-15-14-13-12/h1-10H/b8-4+,9-5-. The highest BCUT2D eigenvalue weighted by atomic mass is 32.1. The lowest BCUT2D eigenvalue weighted by molar-refractivity contribution is 1.14. The summed E-state index contributed by atoms with van der Waals surface area (Å²) < 4.78 is 3.78. The monoisotopic (exact) mass is 214 g/mol. The third-order valence-corrected chi connectivity index (χ3v) is 2.37. The van der Waals surface area contributed by atoms with Crippen molar-refractivity contribution < 1.29 is 0 Å². The van der Waals surface area contributed by atoms with Crippen LogP contribution in [0.5, 0.6) is 0 Å². The number of hydrogen-bond donors (Lipinski definition) is 0. The Kier molecular flexibility index (Phi) is 3.41. The van der Waals surface area contributed by atoms with Crippen LogP contribution in [0, 0.1) is 0 Å². The molecule has 1 aromatic carbocycles. The normalized spacial score (nSPS) is 11.5. The maximum Gasteiger partial charge on any atom is 0.0981 e. The molecule has 0 aliphatic carbocycles. The Labute approximate surface area is 92.8 Å². The smallest absolute Gasteiger partial charge is 0.0981 e. The molecule has 2 rings (SSSR count). The van der Waals surface area contributed by atoms with Crippen molar-refractivity contribution in [3.8, 4) is 0 Å². The number of allylic oxidation sites excluding steroid dienone is 2. The fourth-order valence-electron chi connectivity index (χ4n) is 1.13. The first-order chi connectivity index (χ1) is 7.45. The molecule has 0 atom stereocenters. The van der Waals surface area contributed by atoms with Crippen LogP contribution >= 0.6 is 11.5 Å². The fourth-order valence-corrected chi connectivity index (χ4v) is 1.55. The molecule has 2 nitrogen and oxygen atoms in total. The lowest BCUT2D eigenvalue weighted by Gasteiger charge is -1.88. The maximum absolute atomic E-state index is 3.91. The molecule has 0 spiro atoms. The van der Waals surface area contributed by atoms with Gasteiger partial charge in [-0.05, 0) is 23.2 Å². The molecule has 2 aromatic rings. The molecular weight excluding hydrogens is 204 g/mol. The van der Waals surface area contributed by atoms with E-state index < -0.39 is 0 Å². The van der Waals surface area contributed by atoms with Gasteiger partial charge in [0.1, 0.15) is 0 Å². The van der Waals surface area contributed by atoms with Crippen LogP contribution in [-0.4, -0.2) is 9.59 Å². The van der Waals surface area contributed by atoms with Crippen molar-refractivity contribution in [3.63, 3.8) is 0 Å². The highest BCUT2D eigenvalue weighted by Crippen LogP contribution is 2.03. The number of aromatic nitrogens is 2. The minimum atomic E-state index is 0.901. The average molecular weight is 214 g/mol. The van der Waals surface area contributed by atoms with Gasteiger partial charge in [0.05, 0.1) is 5.69 Å². The van der Waals surface area contributed by atoms with E-state index in [9.17, 15) is 0 Å². The molecule has 15 heavy (non-hydrogen) atoms. The molecule has 0 saturated carbocycles. The Bertz CT molecular complexity index is 444. The molecule has 0 aliphatic rings. The summed E-state index contributed by atoms with van der Waals surface area (Å²) in [5.74, 6) is 0. The zero-order valence-corrected chi connectivity index (χ0v) is 8.89. The van der Waals surface area contributed by atoms with Gasteiger partial charge in [0.2, 0.25) is 0 Å². The van der Waals surface area contributed by atoms with E-state index in [1.165, 1.54) is 17.1 Å². The lowest BCUT2D eigenvalue weighted by Crippen LogP contribution is -1.69. The molecule has 0 saturated heterocycles. The van der Waals surface area contributed by atoms with Crippen LogP contribution in [0.15, 0.2) is 47.9 Å². The van der Waals surface area contributed by atoms with E-state index in [-0.39, 0.29) is 0 Å². The van der Waals surface area contributed by atoms with Crippen LogP contribution in [0.25, 0.3) is 12.2 Å². The van der Waals surface area contributed by atoms with Crippen LogP contribution in [0.3, 0.4) is 0 Å². The summed E-state index contributed by atoms with van der Waals surface area (Å²) >= 11 is 1.36. The lowest BCUT2D eigenvalue weighted by atomic mass is 10.2. The zero-order chi connectivity index (χ0) is 10.3. The van der Waals surface area contributed by atoms with Gasteiger partial charge in [0, 0.05) is 5.38 Å². The summed E-state index contributed by atoms with van der Waals surface area (Å²) in [5, 5.41) is 5.82. The average Bonchev–Trinajstić information content (AvgIpc) is 2.79. The summed E-state index contributed by atoms with van der Waals surface area (Å²) in [6.07, 6.45) is 7.94. The molecule has 0 amide bonds. The van der Waals surface area contributed by atoms with Gasteiger partial charge < -0.3 is 0 Å². The molecule has 0 aliphatic heterocycles. The second-order valence-corrected chi connectivity index (χ2v) is 3.57. The number of rotatable bonds is 3. The molecule has 0 unspecified atom stereocenters. The van der Waals surface area contributed by atoms with Gasteiger partial charge in [0.15, 0.2) is 0 Å². The van der Waals surface area contributed by atoms with Gasteiger partial charge in [0.25, 0.3) is 0 Å². The van der Waals surface area contributed by atoms with Crippen LogP contribution in [0.4, 0.5) is 0 Å². The largest absolute Gasteiger partial charge is 0.139 e. The molecular formula is C12H10N2S. The molecule has 0 bridgehead atoms. The molecule has 0 fully saturated rings. The number of benzene rings is 1. The molecule has 0 radical (unpaired) electrons. The first-order valence-electron chi connectivity index (χ1n) is 4.62. The van der Waals surface area contributed by atoms with Gasteiger partial charge in [-0.25, -0.2) is 0 Å². The van der Waals surface area contributed by atoms with E-state index in [1.54, 1.807) is 0 Å². The number of hydrogen-bond acceptors (Lipinski definition) is 3. The quantitative estimate of drug-likeness (QED) is 0.733. The highest BCUT2D eigenvalue weighted by molar-refractivity contribution is 7.03. The Hall–Kier alpha value is -1.74. The summed E-state index contributed by atoms with van der Waals surface area (Å²) in [7, 11) is 0. The highest BCUT2D eigenvalue weighted by Gasteiger charge is 1.85. The second kappa shape index (κ2) is 5.22. The Balaban J connectivity index is 1.96. The van der Waals surface area contributed by atoms with Crippen LogP contribution < -0.4 is 0 Å². The summed E-state index contributed by atoms with van der Waals surface area (Å²) in [5.41, 5.74) is 2.09. The van der Waals surface area contributed by atoms with E-state index in [0.29, 0.717) is 0 Å². The predicted molar refractivity (Wildman–Crippen MR) is 64.4 cm³/mol. The van der Waals surface area contributed by atoms with Crippen LogP contribution in [0.2, 0.25) is 0 Å². The van der Waals surface area contributed by atoms with E-state index >= 15 is 0 Å². The second-order valence-electron chi connectivity index (χ2n) is 2.96. The van der Waals surface area contributed by atoms with Crippen molar-refractivity contribution in [3.05, 3.63) is 59.1 Å². The molecule has 74 valence electrons. The third kappa shape index (κ3) is 3.14. The topological polar surface area (TPSA) is 25.8 Å². The minimum Gasteiger partial charge on any atom is -0.139 e. The van der Waals surface area contributed by atoms with Crippen molar-refractivity contribution in [2.75, 3.05) is 0 Å². The molecule has 1 heterocycles. The van der Waals surface area contributed by atoms with E-state index in [2.05, 4.69) is 27.8 Å². The van der Waals surface area contributed by atoms with Gasteiger partial charge in [-0.3, -0.25) is 0 Å². The summed E-state index contributed by atoms with van der Waals surface area (Å²) in [6.45, 7) is 0. The van der Waals surface area contributed by atoms with Crippen molar-refractivity contribution >= 4 is 23.7 Å². The van der Waals surface area contributed by atoms with E-state index in [4.69, 9.17) is 0 Å². The van der Waals surface area contributed by atoms with Crippen LogP contribution in [-0.2, 0) is 0 Å². The van der Waals surface area contributed by atoms with Crippen molar-refractivity contribution in [2.24, 2.45) is 0 Å². The van der Waals surface area contributed by atoms with Crippen molar-refractivity contribution in [1.82, 2.24) is 9.59 Å². The fraction of sp³-hybridized carbons (Fsp3) is 0. The van der Waals surface area contributed by atoms with E-state index in [0.717, 1.165) is 5.69 Å². The van der Waals surface area contributed by atoms with Gasteiger partial charge in [-0.2, -0.15) is 0 Å². The minimum absolute atomic E-state index is 0.901. The summed E-state index contributed by atoms with van der Waals surface area (Å²) in [6, 6.07) is 10.2. The first-order valence-corrected chi connectivity index (χ1v) is 5.46. The van der Waals surface area contributed by atoms with Gasteiger partial charge in [-0.1, -0.05) is 53.0 Å². The Morgan fingerprint density at radius 1 is 1.00 bits per heavy atom. The molecule has 0 N–H and O–H groups in total. The van der Waals surface area contributed by atoms with Crippen molar-refractivity contribution in [2.45, 2.75) is 0 Å². The van der Waals surface area contributed by atoms with Gasteiger partial charge in [-0.15, -0.1) is 5.10 Å². The summed E-state index contributed by atoms with van der Waals surface area (Å²) in [4.78, 5) is 0. The Morgan fingerprint density at radius 2 is 1.80 bits per heavy atom. The predicted octanol–water partition coefficient (Wildman–Crippen LogP) is 3.26.